The number of ketones is 1. The summed E-state index contributed by atoms with van der Waals surface area (Å²) in [4.78, 5) is 29.8. The summed E-state index contributed by atoms with van der Waals surface area (Å²) in [6.45, 7) is 1.96. The summed E-state index contributed by atoms with van der Waals surface area (Å²) >= 11 is 3.38. The summed E-state index contributed by atoms with van der Waals surface area (Å²) in [6.07, 6.45) is 0. The molecule has 0 spiro atoms. The summed E-state index contributed by atoms with van der Waals surface area (Å²) < 4.78 is 0.852. The lowest BCUT2D eigenvalue weighted by molar-refractivity contribution is -0.132. The van der Waals surface area contributed by atoms with Crippen molar-refractivity contribution in [2.75, 3.05) is 23.9 Å². The van der Waals surface area contributed by atoms with Gasteiger partial charge in [0.05, 0.1) is 11.6 Å². The normalized spacial score (nSPS) is 17.6. The maximum absolute atomic E-state index is 13.2. The van der Waals surface area contributed by atoms with Crippen LogP contribution in [0.4, 0.5) is 11.4 Å². The van der Waals surface area contributed by atoms with Crippen LogP contribution in [0.15, 0.2) is 82.8 Å². The molecule has 1 atom stereocenters. The molecule has 0 aliphatic carbocycles. The molecule has 0 saturated carbocycles. The van der Waals surface area contributed by atoms with Crippen LogP contribution in [0.3, 0.4) is 0 Å². The number of nitrogens with zero attached hydrogens (tertiary/aromatic N) is 2. The molecule has 1 unspecified atom stereocenters. The van der Waals surface area contributed by atoms with Crippen molar-refractivity contribution < 1.29 is 14.7 Å². The second kappa shape index (κ2) is 8.63. The van der Waals surface area contributed by atoms with E-state index in [1.807, 2.05) is 74.4 Å². The number of anilines is 2. The number of aliphatic hydroxyl groups is 1. The van der Waals surface area contributed by atoms with Crippen LogP contribution >= 0.6 is 15.9 Å². The molecule has 1 heterocycles. The Bertz CT molecular complexity index is 1200. The van der Waals surface area contributed by atoms with Crippen molar-refractivity contribution in [1.29, 1.82) is 0 Å². The van der Waals surface area contributed by atoms with Crippen molar-refractivity contribution in [2.24, 2.45) is 0 Å². The first-order chi connectivity index (χ1) is 15.3. The third-order valence-corrected chi connectivity index (χ3v) is 6.13. The second-order valence-electron chi connectivity index (χ2n) is 8.00. The molecule has 5 nitrogen and oxygen atoms in total. The summed E-state index contributed by atoms with van der Waals surface area (Å²) in [5.74, 6) is -1.55. The Hall–Kier alpha value is -3.38. The maximum Gasteiger partial charge on any atom is 0.300 e. The number of hydrogen-bond donors (Lipinski definition) is 1. The van der Waals surface area contributed by atoms with E-state index < -0.39 is 17.7 Å². The van der Waals surface area contributed by atoms with Gasteiger partial charge in [-0.3, -0.25) is 14.5 Å². The molecule has 3 aromatic carbocycles. The number of benzene rings is 3. The molecular formula is C26H23BrN2O3. The van der Waals surface area contributed by atoms with Gasteiger partial charge in [0, 0.05) is 35.5 Å². The van der Waals surface area contributed by atoms with Crippen molar-refractivity contribution in [3.63, 3.8) is 0 Å². The Morgan fingerprint density at radius 1 is 0.906 bits per heavy atom. The SMILES string of the molecule is Cc1ccc(N2C(=O)C(=O)/C(=C(\O)c3ccc(Br)cc3)C2c2ccc(N(C)C)cc2)cc1. The largest absolute Gasteiger partial charge is 0.507 e. The van der Waals surface area contributed by atoms with Gasteiger partial charge in [-0.05, 0) is 48.9 Å². The van der Waals surface area contributed by atoms with Gasteiger partial charge in [-0.25, -0.2) is 0 Å². The third kappa shape index (κ3) is 3.94. The van der Waals surface area contributed by atoms with Crippen LogP contribution < -0.4 is 9.80 Å². The van der Waals surface area contributed by atoms with Crippen molar-refractivity contribution >= 4 is 44.8 Å². The molecule has 1 aliphatic rings. The number of Topliss-reactive ketones (excluding diaryl/α,β-unsaturated/α-hetero) is 1. The van der Waals surface area contributed by atoms with Crippen molar-refractivity contribution in [1.82, 2.24) is 0 Å². The Kier molecular flexibility index (Phi) is 5.89. The van der Waals surface area contributed by atoms with Gasteiger partial charge in [-0.2, -0.15) is 0 Å². The molecule has 0 bridgehead atoms. The topological polar surface area (TPSA) is 60.9 Å². The molecule has 0 aromatic heterocycles. The summed E-state index contributed by atoms with van der Waals surface area (Å²) in [7, 11) is 3.89. The number of aliphatic hydroxyl groups excluding tert-OH is 1. The fourth-order valence-corrected chi connectivity index (χ4v) is 4.10. The average molecular weight is 491 g/mol. The van der Waals surface area contributed by atoms with E-state index >= 15 is 0 Å². The number of amides is 1. The van der Waals surface area contributed by atoms with Crippen LogP contribution in [0.1, 0.15) is 22.7 Å². The van der Waals surface area contributed by atoms with Gasteiger partial charge in [0.2, 0.25) is 0 Å². The predicted octanol–water partition coefficient (Wildman–Crippen LogP) is 5.45. The first-order valence-electron chi connectivity index (χ1n) is 10.2. The van der Waals surface area contributed by atoms with E-state index in [0.717, 1.165) is 21.3 Å². The highest BCUT2D eigenvalue weighted by atomic mass is 79.9. The number of carbonyl (C=O) groups excluding carboxylic acids is 2. The van der Waals surface area contributed by atoms with Crippen LogP contribution in [-0.4, -0.2) is 30.9 Å². The molecule has 1 aliphatic heterocycles. The van der Waals surface area contributed by atoms with Gasteiger partial charge in [0.15, 0.2) is 0 Å². The van der Waals surface area contributed by atoms with Crippen LogP contribution in [-0.2, 0) is 9.59 Å². The molecule has 0 radical (unpaired) electrons. The Labute approximate surface area is 195 Å². The van der Waals surface area contributed by atoms with Gasteiger partial charge in [-0.1, -0.05) is 57.9 Å². The standard InChI is InChI=1S/C26H23BrN2O3/c1-16-4-12-21(13-5-16)29-23(17-8-14-20(15-9-17)28(2)3)22(25(31)26(29)32)24(30)18-6-10-19(27)11-7-18/h4-15,23,30H,1-3H3/b24-22-. The van der Waals surface area contributed by atoms with Gasteiger partial charge < -0.3 is 10.0 Å². The van der Waals surface area contributed by atoms with E-state index in [2.05, 4.69) is 15.9 Å². The number of aryl methyl sites for hydroxylation is 1. The minimum Gasteiger partial charge on any atom is -0.507 e. The van der Waals surface area contributed by atoms with Gasteiger partial charge >= 0.3 is 0 Å². The van der Waals surface area contributed by atoms with E-state index in [0.29, 0.717) is 11.3 Å². The quantitative estimate of drug-likeness (QED) is 0.300. The van der Waals surface area contributed by atoms with Crippen molar-refractivity contribution in [2.45, 2.75) is 13.0 Å². The minimum absolute atomic E-state index is 0.0792. The zero-order valence-corrected chi connectivity index (χ0v) is 19.6. The highest BCUT2D eigenvalue weighted by molar-refractivity contribution is 9.10. The number of halogens is 1. The molecule has 162 valence electrons. The fraction of sp³-hybridized carbons (Fsp3) is 0.154. The van der Waals surface area contributed by atoms with E-state index in [1.165, 1.54) is 4.90 Å². The number of carbonyl (C=O) groups is 2. The summed E-state index contributed by atoms with van der Waals surface area (Å²) in [5.41, 5.74) is 3.95. The average Bonchev–Trinajstić information content (AvgIpc) is 3.05. The maximum atomic E-state index is 13.2. The number of hydrogen-bond acceptors (Lipinski definition) is 4. The van der Waals surface area contributed by atoms with E-state index in [-0.39, 0.29) is 11.3 Å². The molecule has 1 saturated heterocycles. The molecule has 32 heavy (non-hydrogen) atoms. The predicted molar refractivity (Wildman–Crippen MR) is 131 cm³/mol. The highest BCUT2D eigenvalue weighted by Crippen LogP contribution is 2.42. The van der Waals surface area contributed by atoms with Gasteiger partial charge in [0.25, 0.3) is 11.7 Å². The van der Waals surface area contributed by atoms with Crippen LogP contribution in [0.25, 0.3) is 5.76 Å². The monoisotopic (exact) mass is 490 g/mol. The molecule has 1 N–H and O–H groups in total. The lowest BCUT2D eigenvalue weighted by Gasteiger charge is -2.26. The van der Waals surface area contributed by atoms with Gasteiger partial charge in [0.1, 0.15) is 5.76 Å². The summed E-state index contributed by atoms with van der Waals surface area (Å²) in [6, 6.07) is 21.3. The molecular weight excluding hydrogens is 468 g/mol. The Morgan fingerprint density at radius 2 is 1.50 bits per heavy atom. The molecule has 3 aromatic rings. The summed E-state index contributed by atoms with van der Waals surface area (Å²) in [5, 5.41) is 11.1. The van der Waals surface area contributed by atoms with Crippen LogP contribution in [0.2, 0.25) is 0 Å². The second-order valence-corrected chi connectivity index (χ2v) is 8.91. The van der Waals surface area contributed by atoms with E-state index in [1.54, 1.807) is 24.3 Å². The zero-order chi connectivity index (χ0) is 23.0. The Morgan fingerprint density at radius 3 is 2.06 bits per heavy atom. The first-order valence-corrected chi connectivity index (χ1v) is 11.0. The van der Waals surface area contributed by atoms with E-state index in [4.69, 9.17) is 0 Å². The smallest absolute Gasteiger partial charge is 0.300 e. The zero-order valence-electron chi connectivity index (χ0n) is 18.0. The third-order valence-electron chi connectivity index (χ3n) is 5.60. The van der Waals surface area contributed by atoms with Crippen molar-refractivity contribution in [3.8, 4) is 0 Å². The van der Waals surface area contributed by atoms with Gasteiger partial charge in [-0.15, -0.1) is 0 Å². The van der Waals surface area contributed by atoms with Crippen LogP contribution in [0, 0.1) is 6.92 Å². The molecule has 6 heteroatoms. The lowest BCUT2D eigenvalue weighted by Crippen LogP contribution is -2.29. The van der Waals surface area contributed by atoms with Crippen LogP contribution in [0.5, 0.6) is 0 Å². The molecule has 4 rings (SSSR count). The molecule has 1 fully saturated rings. The van der Waals surface area contributed by atoms with E-state index in [9.17, 15) is 14.7 Å². The Balaban J connectivity index is 1.91. The van der Waals surface area contributed by atoms with Crippen molar-refractivity contribution in [3.05, 3.63) is 99.5 Å². The highest BCUT2D eigenvalue weighted by Gasteiger charge is 2.46. The molecule has 1 amide bonds. The minimum atomic E-state index is -0.738. The number of rotatable bonds is 4. The fourth-order valence-electron chi connectivity index (χ4n) is 3.84. The lowest BCUT2D eigenvalue weighted by atomic mass is 9.95. The first kappa shape index (κ1) is 21.8.